The normalized spacial score (nSPS) is 24.8. The molecule has 0 radical (unpaired) electrons. The van der Waals surface area contributed by atoms with E-state index in [2.05, 4.69) is 31.4 Å². The van der Waals surface area contributed by atoms with Crippen LogP contribution in [0, 0.1) is 17.8 Å². The molecule has 0 spiro atoms. The van der Waals surface area contributed by atoms with Crippen LogP contribution in [0.3, 0.4) is 0 Å². The van der Waals surface area contributed by atoms with Crippen molar-refractivity contribution in [2.24, 2.45) is 17.8 Å². The number of carbonyl (C=O) groups excluding carboxylic acids is 2. The van der Waals surface area contributed by atoms with Gasteiger partial charge < -0.3 is 20.1 Å². The lowest BCUT2D eigenvalue weighted by Gasteiger charge is -2.38. The van der Waals surface area contributed by atoms with Gasteiger partial charge in [0.25, 0.3) is 0 Å². The average Bonchev–Trinajstić information content (AvgIpc) is 2.49. The molecule has 26 heavy (non-hydrogen) atoms. The summed E-state index contributed by atoms with van der Waals surface area (Å²) in [7, 11) is 1.55. The Labute approximate surface area is 158 Å². The van der Waals surface area contributed by atoms with Gasteiger partial charge >= 0.3 is 6.09 Å². The Hall–Kier alpha value is -1.30. The molecule has 1 saturated carbocycles. The van der Waals surface area contributed by atoms with E-state index < -0.39 is 11.7 Å². The maximum atomic E-state index is 12.5. The third kappa shape index (κ3) is 8.39. The van der Waals surface area contributed by atoms with Crippen LogP contribution in [0.15, 0.2) is 0 Å². The molecule has 6 heteroatoms. The molecule has 4 atom stereocenters. The molecule has 1 aliphatic rings. The maximum absolute atomic E-state index is 12.5. The summed E-state index contributed by atoms with van der Waals surface area (Å²) >= 11 is 0. The highest BCUT2D eigenvalue weighted by molar-refractivity contribution is 5.77. The number of hydrogen-bond acceptors (Lipinski definition) is 4. The van der Waals surface area contributed by atoms with Crippen LogP contribution in [-0.2, 0) is 14.3 Å². The van der Waals surface area contributed by atoms with Crippen LogP contribution in [0.1, 0.15) is 67.2 Å². The predicted molar refractivity (Wildman–Crippen MR) is 103 cm³/mol. The van der Waals surface area contributed by atoms with Crippen molar-refractivity contribution in [2.75, 3.05) is 13.7 Å². The molecule has 0 saturated heterocycles. The molecule has 2 N–H and O–H groups in total. The third-order valence-electron chi connectivity index (χ3n) is 4.99. The number of ether oxygens (including phenoxy) is 2. The Balaban J connectivity index is 2.48. The number of nitrogens with one attached hydrogen (secondary N) is 2. The summed E-state index contributed by atoms with van der Waals surface area (Å²) in [6.07, 6.45) is 2.78. The summed E-state index contributed by atoms with van der Waals surface area (Å²) < 4.78 is 10.6. The van der Waals surface area contributed by atoms with Crippen LogP contribution in [0.2, 0.25) is 0 Å². The summed E-state index contributed by atoms with van der Waals surface area (Å²) in [5.41, 5.74) is -0.548. The van der Waals surface area contributed by atoms with E-state index in [1.165, 1.54) is 6.42 Å². The number of methoxy groups -OCH3 is 1. The van der Waals surface area contributed by atoms with E-state index in [0.717, 1.165) is 12.8 Å². The zero-order chi connectivity index (χ0) is 19.9. The van der Waals surface area contributed by atoms with Gasteiger partial charge in [-0.25, -0.2) is 4.79 Å². The van der Waals surface area contributed by atoms with Gasteiger partial charge in [0, 0.05) is 19.7 Å². The lowest BCUT2D eigenvalue weighted by molar-refractivity contribution is -0.125. The molecule has 0 aromatic heterocycles. The van der Waals surface area contributed by atoms with Crippen LogP contribution in [0.25, 0.3) is 0 Å². The van der Waals surface area contributed by atoms with Crippen molar-refractivity contribution in [3.8, 4) is 0 Å². The van der Waals surface area contributed by atoms with Crippen molar-refractivity contribution in [3.63, 3.8) is 0 Å². The standard InChI is InChI=1S/C20H38N2O4/c1-13(2)16-9-8-14(3)10-17(16)22-18(23)11-15(25-7)12-21-19(24)26-20(4,5)6/h13-17H,8-12H2,1-7H3,(H,21,24)(H,22,23)/t14-,15-,16-,17+/m0/s1. The van der Waals surface area contributed by atoms with Crippen LogP contribution in [-0.4, -0.2) is 43.4 Å². The molecular weight excluding hydrogens is 332 g/mol. The van der Waals surface area contributed by atoms with Crippen molar-refractivity contribution in [1.82, 2.24) is 10.6 Å². The second kappa shape index (κ2) is 10.1. The average molecular weight is 371 g/mol. The third-order valence-corrected chi connectivity index (χ3v) is 4.99. The molecule has 1 rings (SSSR count). The minimum absolute atomic E-state index is 0.0208. The van der Waals surface area contributed by atoms with E-state index in [4.69, 9.17) is 9.47 Å². The van der Waals surface area contributed by atoms with Gasteiger partial charge in [-0.1, -0.05) is 27.2 Å². The molecule has 0 heterocycles. The SMILES string of the molecule is CO[C@H](CNC(=O)OC(C)(C)C)CC(=O)N[C@@H]1C[C@@H](C)CC[C@H]1C(C)C. The monoisotopic (exact) mass is 370 g/mol. The molecular formula is C20H38N2O4. The Morgan fingerprint density at radius 1 is 1.19 bits per heavy atom. The Kier molecular flexibility index (Phi) is 8.87. The number of carbonyl (C=O) groups is 2. The summed E-state index contributed by atoms with van der Waals surface area (Å²) in [6, 6.07) is 0.225. The quantitative estimate of drug-likeness (QED) is 0.719. The van der Waals surface area contributed by atoms with Crippen LogP contribution < -0.4 is 10.6 Å². The molecule has 0 unspecified atom stereocenters. The fourth-order valence-electron chi connectivity index (χ4n) is 3.59. The zero-order valence-corrected chi connectivity index (χ0v) is 17.6. The number of rotatable bonds is 7. The second-order valence-corrected chi connectivity index (χ2v) is 8.94. The molecule has 6 nitrogen and oxygen atoms in total. The summed E-state index contributed by atoms with van der Waals surface area (Å²) in [4.78, 5) is 24.2. The zero-order valence-electron chi connectivity index (χ0n) is 17.6. The molecule has 1 fully saturated rings. The highest BCUT2D eigenvalue weighted by Crippen LogP contribution is 2.33. The summed E-state index contributed by atoms with van der Waals surface area (Å²) in [5.74, 6) is 1.70. The lowest BCUT2D eigenvalue weighted by Crippen LogP contribution is -2.47. The Morgan fingerprint density at radius 3 is 2.38 bits per heavy atom. The van der Waals surface area contributed by atoms with E-state index in [1.54, 1.807) is 7.11 Å². The first kappa shape index (κ1) is 22.7. The molecule has 2 amide bonds. The van der Waals surface area contributed by atoms with E-state index in [0.29, 0.717) is 17.8 Å². The molecule has 0 aromatic carbocycles. The molecule has 0 aliphatic heterocycles. The Morgan fingerprint density at radius 2 is 1.85 bits per heavy atom. The topological polar surface area (TPSA) is 76.7 Å². The summed E-state index contributed by atoms with van der Waals surface area (Å²) in [5, 5.41) is 5.88. The van der Waals surface area contributed by atoms with Gasteiger partial charge in [-0.15, -0.1) is 0 Å². The van der Waals surface area contributed by atoms with Gasteiger partial charge in [0.1, 0.15) is 5.60 Å². The van der Waals surface area contributed by atoms with Gasteiger partial charge in [-0.05, 0) is 51.4 Å². The highest BCUT2D eigenvalue weighted by Gasteiger charge is 2.32. The maximum Gasteiger partial charge on any atom is 0.407 e. The smallest absolute Gasteiger partial charge is 0.407 e. The molecule has 1 aliphatic carbocycles. The highest BCUT2D eigenvalue weighted by atomic mass is 16.6. The largest absolute Gasteiger partial charge is 0.444 e. The number of hydrogen-bond donors (Lipinski definition) is 2. The fraction of sp³-hybridized carbons (Fsp3) is 0.900. The lowest BCUT2D eigenvalue weighted by atomic mass is 9.74. The van der Waals surface area contributed by atoms with Gasteiger partial charge in [-0.2, -0.15) is 0 Å². The molecule has 0 bridgehead atoms. The minimum Gasteiger partial charge on any atom is -0.444 e. The second-order valence-electron chi connectivity index (χ2n) is 8.94. The number of amides is 2. The first-order chi connectivity index (χ1) is 12.0. The van der Waals surface area contributed by atoms with E-state index >= 15 is 0 Å². The number of alkyl carbamates (subject to hydrolysis) is 1. The van der Waals surface area contributed by atoms with E-state index in [9.17, 15) is 9.59 Å². The van der Waals surface area contributed by atoms with Crippen molar-refractivity contribution in [3.05, 3.63) is 0 Å². The van der Waals surface area contributed by atoms with Gasteiger partial charge in [-0.3, -0.25) is 4.79 Å². The van der Waals surface area contributed by atoms with Crippen molar-refractivity contribution in [1.29, 1.82) is 0 Å². The summed E-state index contributed by atoms with van der Waals surface area (Å²) in [6.45, 7) is 12.4. The van der Waals surface area contributed by atoms with Crippen LogP contribution in [0.5, 0.6) is 0 Å². The Bertz CT molecular complexity index is 459. The van der Waals surface area contributed by atoms with Crippen molar-refractivity contribution < 1.29 is 19.1 Å². The molecule has 0 aromatic rings. The first-order valence-corrected chi connectivity index (χ1v) is 9.80. The van der Waals surface area contributed by atoms with Crippen molar-refractivity contribution >= 4 is 12.0 Å². The van der Waals surface area contributed by atoms with Crippen molar-refractivity contribution in [2.45, 2.75) is 85.0 Å². The first-order valence-electron chi connectivity index (χ1n) is 9.80. The fourth-order valence-corrected chi connectivity index (χ4v) is 3.59. The van der Waals surface area contributed by atoms with Gasteiger partial charge in [0.2, 0.25) is 5.91 Å². The minimum atomic E-state index is -0.548. The van der Waals surface area contributed by atoms with E-state index in [-0.39, 0.29) is 31.0 Å². The van der Waals surface area contributed by atoms with E-state index in [1.807, 2.05) is 20.8 Å². The predicted octanol–water partition coefficient (Wildman–Crippen LogP) is 3.49. The van der Waals surface area contributed by atoms with Gasteiger partial charge in [0.05, 0.1) is 12.5 Å². The van der Waals surface area contributed by atoms with Crippen LogP contribution >= 0.6 is 0 Å². The van der Waals surface area contributed by atoms with Crippen LogP contribution in [0.4, 0.5) is 4.79 Å². The van der Waals surface area contributed by atoms with Gasteiger partial charge in [0.15, 0.2) is 0 Å². The molecule has 152 valence electrons.